The van der Waals surface area contributed by atoms with Crippen molar-refractivity contribution in [1.82, 2.24) is 0 Å². The van der Waals surface area contributed by atoms with Gasteiger partial charge in [0.15, 0.2) is 5.78 Å². The first-order chi connectivity index (χ1) is 6.24. The van der Waals surface area contributed by atoms with Crippen LogP contribution in [0.2, 0.25) is 0 Å². The van der Waals surface area contributed by atoms with E-state index in [1.54, 1.807) is 0 Å². The largest absolute Gasteiger partial charge is 0.327 e. The van der Waals surface area contributed by atoms with E-state index < -0.39 is 0 Å². The van der Waals surface area contributed by atoms with E-state index in [1.165, 1.54) is 0 Å². The lowest BCUT2D eigenvalue weighted by atomic mass is 9.92. The Balaban J connectivity index is 2.38. The van der Waals surface area contributed by atoms with E-state index >= 15 is 0 Å². The minimum atomic E-state index is 0.280. The van der Waals surface area contributed by atoms with Gasteiger partial charge in [0.1, 0.15) is 0 Å². The molecule has 13 heavy (non-hydrogen) atoms. The van der Waals surface area contributed by atoms with Crippen LogP contribution in [0.25, 0.3) is 0 Å². The van der Waals surface area contributed by atoms with Gasteiger partial charge in [-0.25, -0.2) is 0 Å². The smallest absolute Gasteiger partial charge is 0.158 e. The maximum atomic E-state index is 11.6. The van der Waals surface area contributed by atoms with E-state index in [9.17, 15) is 4.79 Å². The molecule has 0 saturated heterocycles. The zero-order valence-electron chi connectivity index (χ0n) is 8.38. The standard InChI is InChI=1S/C11H19NO/c1-2-3-4-11(13)9-5-7-10(12)8-6-9/h5,10H,2-4,6-8,12H2,1H3/t10-/m1/s1. The number of hydrogen-bond donors (Lipinski definition) is 1. The maximum Gasteiger partial charge on any atom is 0.158 e. The van der Waals surface area contributed by atoms with Gasteiger partial charge in [-0.15, -0.1) is 0 Å². The topological polar surface area (TPSA) is 43.1 Å². The van der Waals surface area contributed by atoms with Crippen molar-refractivity contribution in [2.24, 2.45) is 5.73 Å². The number of unbranched alkanes of at least 4 members (excludes halogenated alkanes) is 1. The third-order valence-electron chi connectivity index (χ3n) is 2.57. The lowest BCUT2D eigenvalue weighted by Gasteiger charge is -2.17. The summed E-state index contributed by atoms with van der Waals surface area (Å²) in [5, 5.41) is 0. The summed E-state index contributed by atoms with van der Waals surface area (Å²) < 4.78 is 0. The van der Waals surface area contributed by atoms with E-state index in [4.69, 9.17) is 5.73 Å². The molecule has 0 spiro atoms. The molecule has 74 valence electrons. The molecule has 2 heteroatoms. The molecule has 2 nitrogen and oxygen atoms in total. The van der Waals surface area contributed by atoms with Gasteiger partial charge in [-0.1, -0.05) is 19.4 Å². The normalized spacial score (nSPS) is 22.6. The van der Waals surface area contributed by atoms with Crippen molar-refractivity contribution >= 4 is 5.78 Å². The number of ketones is 1. The second-order valence-corrected chi connectivity index (χ2v) is 3.79. The Labute approximate surface area is 80.2 Å². The van der Waals surface area contributed by atoms with Crippen LogP contribution >= 0.6 is 0 Å². The van der Waals surface area contributed by atoms with Crippen LogP contribution in [-0.4, -0.2) is 11.8 Å². The minimum Gasteiger partial charge on any atom is -0.327 e. The highest BCUT2D eigenvalue weighted by molar-refractivity contribution is 5.95. The monoisotopic (exact) mass is 181 g/mol. The molecule has 0 unspecified atom stereocenters. The van der Waals surface area contributed by atoms with Crippen molar-refractivity contribution in [1.29, 1.82) is 0 Å². The molecule has 0 bridgehead atoms. The fourth-order valence-electron chi connectivity index (χ4n) is 1.61. The van der Waals surface area contributed by atoms with Crippen LogP contribution in [0, 0.1) is 0 Å². The number of carbonyl (C=O) groups excluding carboxylic acids is 1. The van der Waals surface area contributed by atoms with Gasteiger partial charge >= 0.3 is 0 Å². The Morgan fingerprint density at radius 3 is 3.00 bits per heavy atom. The van der Waals surface area contributed by atoms with E-state index in [0.29, 0.717) is 5.78 Å². The Morgan fingerprint density at radius 2 is 2.46 bits per heavy atom. The molecule has 2 N–H and O–H groups in total. The van der Waals surface area contributed by atoms with Crippen molar-refractivity contribution in [3.8, 4) is 0 Å². The van der Waals surface area contributed by atoms with E-state index in [0.717, 1.165) is 44.1 Å². The van der Waals surface area contributed by atoms with Crippen LogP contribution in [0.1, 0.15) is 45.4 Å². The Morgan fingerprint density at radius 1 is 1.69 bits per heavy atom. The number of nitrogens with two attached hydrogens (primary N) is 1. The molecular formula is C11H19NO. The molecule has 0 fully saturated rings. The summed E-state index contributed by atoms with van der Waals surface area (Å²) in [5.41, 5.74) is 6.76. The third-order valence-corrected chi connectivity index (χ3v) is 2.57. The highest BCUT2D eigenvalue weighted by Gasteiger charge is 2.15. The molecular weight excluding hydrogens is 162 g/mol. The Bertz CT molecular complexity index is 208. The second kappa shape index (κ2) is 5.18. The number of Topliss-reactive ketones (excluding diaryl/α,β-unsaturated/α-hetero) is 1. The molecule has 1 rings (SSSR count). The lowest BCUT2D eigenvalue weighted by molar-refractivity contribution is -0.115. The Kier molecular flexibility index (Phi) is 4.16. The Hall–Kier alpha value is -0.630. The second-order valence-electron chi connectivity index (χ2n) is 3.79. The summed E-state index contributed by atoms with van der Waals surface area (Å²) in [7, 11) is 0. The van der Waals surface area contributed by atoms with E-state index in [1.807, 2.05) is 6.08 Å². The fourth-order valence-corrected chi connectivity index (χ4v) is 1.61. The van der Waals surface area contributed by atoms with Gasteiger partial charge in [-0.2, -0.15) is 0 Å². The molecule has 0 aromatic carbocycles. The molecule has 0 heterocycles. The van der Waals surface area contributed by atoms with Crippen LogP contribution < -0.4 is 5.73 Å². The predicted octanol–water partition coefficient (Wildman–Crippen LogP) is 2.18. The molecule has 0 radical (unpaired) electrons. The summed E-state index contributed by atoms with van der Waals surface area (Å²) in [4.78, 5) is 11.6. The first kappa shape index (κ1) is 10.5. The van der Waals surface area contributed by atoms with Crippen LogP contribution in [-0.2, 0) is 4.79 Å². The number of allylic oxidation sites excluding steroid dienone is 1. The lowest BCUT2D eigenvalue weighted by Crippen LogP contribution is -2.23. The van der Waals surface area contributed by atoms with Crippen molar-refractivity contribution < 1.29 is 4.79 Å². The average molecular weight is 181 g/mol. The molecule has 1 atom stereocenters. The van der Waals surface area contributed by atoms with Crippen molar-refractivity contribution in [2.45, 2.75) is 51.5 Å². The highest BCUT2D eigenvalue weighted by atomic mass is 16.1. The van der Waals surface area contributed by atoms with E-state index in [2.05, 4.69) is 6.92 Å². The zero-order valence-corrected chi connectivity index (χ0v) is 8.38. The highest BCUT2D eigenvalue weighted by Crippen LogP contribution is 2.19. The summed E-state index contributed by atoms with van der Waals surface area (Å²) in [6.07, 6.45) is 7.62. The van der Waals surface area contributed by atoms with Gasteiger partial charge in [0.05, 0.1) is 0 Å². The van der Waals surface area contributed by atoms with Gasteiger partial charge in [-0.05, 0) is 31.3 Å². The molecule has 0 aromatic heterocycles. The first-order valence-corrected chi connectivity index (χ1v) is 5.22. The predicted molar refractivity (Wildman–Crippen MR) is 54.4 cm³/mol. The van der Waals surface area contributed by atoms with Gasteiger partial charge in [-0.3, -0.25) is 4.79 Å². The molecule has 0 amide bonds. The maximum absolute atomic E-state index is 11.6. The fraction of sp³-hybridized carbons (Fsp3) is 0.727. The average Bonchev–Trinajstić information content (AvgIpc) is 2.15. The van der Waals surface area contributed by atoms with Crippen LogP contribution in [0.5, 0.6) is 0 Å². The van der Waals surface area contributed by atoms with Crippen LogP contribution in [0.3, 0.4) is 0 Å². The summed E-state index contributed by atoms with van der Waals surface area (Å²) >= 11 is 0. The quantitative estimate of drug-likeness (QED) is 0.722. The summed E-state index contributed by atoms with van der Waals surface area (Å²) in [5.74, 6) is 0.341. The zero-order chi connectivity index (χ0) is 9.68. The number of rotatable bonds is 4. The molecule has 1 aliphatic carbocycles. The van der Waals surface area contributed by atoms with Gasteiger partial charge in [0, 0.05) is 12.5 Å². The van der Waals surface area contributed by atoms with Crippen molar-refractivity contribution in [2.75, 3.05) is 0 Å². The molecule has 0 aliphatic heterocycles. The van der Waals surface area contributed by atoms with Crippen molar-refractivity contribution in [3.05, 3.63) is 11.6 Å². The minimum absolute atomic E-state index is 0.280. The summed E-state index contributed by atoms with van der Waals surface area (Å²) in [6, 6.07) is 0.280. The van der Waals surface area contributed by atoms with Gasteiger partial charge in [0.2, 0.25) is 0 Å². The van der Waals surface area contributed by atoms with E-state index in [-0.39, 0.29) is 6.04 Å². The SMILES string of the molecule is CCCCC(=O)C1=CC[C@@H](N)CC1. The van der Waals surface area contributed by atoms with Crippen molar-refractivity contribution in [3.63, 3.8) is 0 Å². The third kappa shape index (κ3) is 3.31. The molecule has 1 aliphatic rings. The number of hydrogen-bond acceptors (Lipinski definition) is 2. The van der Waals surface area contributed by atoms with Crippen LogP contribution in [0.4, 0.5) is 0 Å². The first-order valence-electron chi connectivity index (χ1n) is 5.22. The van der Waals surface area contributed by atoms with Crippen LogP contribution in [0.15, 0.2) is 11.6 Å². The molecule has 0 aromatic rings. The summed E-state index contributed by atoms with van der Waals surface area (Å²) in [6.45, 7) is 2.11. The van der Waals surface area contributed by atoms with Gasteiger partial charge in [0.25, 0.3) is 0 Å². The van der Waals surface area contributed by atoms with Gasteiger partial charge < -0.3 is 5.73 Å². The molecule has 0 saturated carbocycles. The number of carbonyl (C=O) groups is 1.